The van der Waals surface area contributed by atoms with Crippen molar-refractivity contribution >= 4 is 58.3 Å². The number of rotatable bonds is 5. The molecule has 0 N–H and O–H groups in total. The lowest BCUT2D eigenvalue weighted by Gasteiger charge is -2.35. The molecule has 174 valence electrons. The summed E-state index contributed by atoms with van der Waals surface area (Å²) in [6.07, 6.45) is 4.67. The molecule has 2 fully saturated rings. The van der Waals surface area contributed by atoms with Crippen LogP contribution in [0.3, 0.4) is 0 Å². The van der Waals surface area contributed by atoms with Crippen molar-refractivity contribution in [2.24, 2.45) is 23.7 Å². The summed E-state index contributed by atoms with van der Waals surface area (Å²) in [4.78, 5) is 54.1. The average Bonchev–Trinajstić information content (AvgIpc) is 3.49. The maximum atomic E-state index is 13.7. The van der Waals surface area contributed by atoms with Crippen LogP contribution in [0.25, 0.3) is 0 Å². The Hall–Kier alpha value is -2.67. The van der Waals surface area contributed by atoms with Crippen LogP contribution in [0, 0.1) is 23.7 Å². The maximum absolute atomic E-state index is 13.7. The number of hydrazine groups is 1. The number of amides is 3. The van der Waals surface area contributed by atoms with E-state index in [1.54, 1.807) is 12.1 Å². The van der Waals surface area contributed by atoms with Crippen LogP contribution < -0.4 is 0 Å². The van der Waals surface area contributed by atoms with Crippen LogP contribution >= 0.6 is 34.8 Å². The SMILES string of the molecule is C[C@H](C(=O)c1ccc(Cl)cc1)N(C(=O)c1ccc(Cl)cc1Cl)N1C(=O)[C@@H]2[C@H](C1=O)[C@H]1C=C[C@H]2C1. The van der Waals surface area contributed by atoms with Crippen LogP contribution in [0.15, 0.2) is 54.6 Å². The van der Waals surface area contributed by atoms with Gasteiger partial charge in [-0.3, -0.25) is 19.2 Å². The Morgan fingerprint density at radius 1 is 0.912 bits per heavy atom. The van der Waals surface area contributed by atoms with Crippen molar-refractivity contribution in [3.63, 3.8) is 0 Å². The van der Waals surface area contributed by atoms with Crippen LogP contribution in [0.2, 0.25) is 15.1 Å². The van der Waals surface area contributed by atoms with Crippen molar-refractivity contribution in [1.82, 2.24) is 10.0 Å². The van der Waals surface area contributed by atoms with E-state index in [-0.39, 0.29) is 28.0 Å². The monoisotopic (exact) mass is 516 g/mol. The van der Waals surface area contributed by atoms with Gasteiger partial charge in [0.1, 0.15) is 6.04 Å². The van der Waals surface area contributed by atoms with Crippen LogP contribution in [0.1, 0.15) is 34.1 Å². The van der Waals surface area contributed by atoms with E-state index in [1.165, 1.54) is 37.3 Å². The molecule has 6 nitrogen and oxygen atoms in total. The molecule has 3 aliphatic rings. The lowest BCUT2D eigenvalue weighted by molar-refractivity contribution is -0.157. The number of imide groups is 1. The molecule has 1 saturated heterocycles. The minimum atomic E-state index is -1.17. The van der Waals surface area contributed by atoms with Crippen molar-refractivity contribution in [2.45, 2.75) is 19.4 Å². The number of carbonyl (C=O) groups is 4. The molecule has 0 spiro atoms. The van der Waals surface area contributed by atoms with Crippen molar-refractivity contribution in [3.8, 4) is 0 Å². The molecule has 2 aromatic carbocycles. The third-order valence-electron chi connectivity index (χ3n) is 6.91. The van der Waals surface area contributed by atoms with Gasteiger partial charge in [0.15, 0.2) is 5.78 Å². The molecule has 0 radical (unpaired) electrons. The summed E-state index contributed by atoms with van der Waals surface area (Å²) in [6, 6.07) is 9.31. The van der Waals surface area contributed by atoms with Gasteiger partial charge < -0.3 is 0 Å². The van der Waals surface area contributed by atoms with Crippen molar-refractivity contribution in [1.29, 1.82) is 0 Å². The Morgan fingerprint density at radius 3 is 2.03 bits per heavy atom. The van der Waals surface area contributed by atoms with E-state index >= 15 is 0 Å². The third-order valence-corrected chi connectivity index (χ3v) is 7.71. The highest BCUT2D eigenvalue weighted by molar-refractivity contribution is 6.37. The molecule has 0 aromatic heterocycles. The number of allylic oxidation sites excluding steroid dienone is 2. The smallest absolute Gasteiger partial charge is 0.275 e. The number of carbonyl (C=O) groups excluding carboxylic acids is 4. The largest absolute Gasteiger partial charge is 0.292 e. The van der Waals surface area contributed by atoms with E-state index in [4.69, 9.17) is 34.8 Å². The lowest BCUT2D eigenvalue weighted by Crippen LogP contribution is -2.57. The van der Waals surface area contributed by atoms with Gasteiger partial charge in [0.25, 0.3) is 17.7 Å². The normalized spacial score (nSPS) is 25.6. The Bertz CT molecular complexity index is 1230. The average molecular weight is 518 g/mol. The van der Waals surface area contributed by atoms with Crippen molar-refractivity contribution in [2.75, 3.05) is 0 Å². The molecule has 2 aromatic rings. The molecule has 1 saturated carbocycles. The minimum absolute atomic E-state index is 0.0283. The highest BCUT2D eigenvalue weighted by Gasteiger charge is 2.61. The second-order valence-corrected chi connectivity index (χ2v) is 10.1. The zero-order chi connectivity index (χ0) is 24.3. The zero-order valence-electron chi connectivity index (χ0n) is 18.0. The number of halogens is 3. The molecule has 5 rings (SSSR count). The first-order valence-electron chi connectivity index (χ1n) is 10.8. The van der Waals surface area contributed by atoms with E-state index < -0.39 is 41.4 Å². The van der Waals surface area contributed by atoms with Gasteiger partial charge in [0.05, 0.1) is 22.4 Å². The lowest BCUT2D eigenvalue weighted by atomic mass is 9.85. The second kappa shape index (κ2) is 8.52. The zero-order valence-corrected chi connectivity index (χ0v) is 20.2. The van der Waals surface area contributed by atoms with Crippen LogP contribution in [-0.2, 0) is 9.59 Å². The Labute approximate surface area is 211 Å². The minimum Gasteiger partial charge on any atom is -0.292 e. The Balaban J connectivity index is 1.56. The van der Waals surface area contributed by atoms with Crippen molar-refractivity contribution in [3.05, 3.63) is 80.8 Å². The molecule has 9 heteroatoms. The standard InChI is InChI=1S/C25H19Cl3N2O4/c1-12(22(31)13-4-6-16(26)7-5-13)29(23(32)18-9-8-17(27)11-19(18)28)30-24(33)20-14-2-3-15(10-14)21(20)25(30)34/h2-9,11-12,14-15,20-21H,10H2,1H3/t12-,14+,15+,20-,21+/m1/s1. The summed E-state index contributed by atoms with van der Waals surface area (Å²) in [7, 11) is 0. The van der Waals surface area contributed by atoms with Gasteiger partial charge in [-0.25, -0.2) is 5.01 Å². The molecule has 5 atom stereocenters. The van der Waals surface area contributed by atoms with Gasteiger partial charge in [0, 0.05) is 15.6 Å². The maximum Gasteiger partial charge on any atom is 0.275 e. The fourth-order valence-corrected chi connectivity index (χ4v) is 5.91. The quantitative estimate of drug-likeness (QED) is 0.315. The summed E-state index contributed by atoms with van der Waals surface area (Å²) < 4.78 is 0. The molecule has 2 bridgehead atoms. The third kappa shape index (κ3) is 3.56. The van der Waals surface area contributed by atoms with E-state index in [0.717, 1.165) is 16.4 Å². The Morgan fingerprint density at radius 2 is 1.47 bits per heavy atom. The first kappa shape index (κ1) is 23.1. The number of hydrogen-bond donors (Lipinski definition) is 0. The summed E-state index contributed by atoms with van der Waals surface area (Å²) in [5.41, 5.74) is 0.318. The summed E-state index contributed by atoms with van der Waals surface area (Å²) in [5, 5.41) is 2.64. The van der Waals surface area contributed by atoms with Crippen LogP contribution in [-0.4, -0.2) is 39.6 Å². The molecule has 1 heterocycles. The van der Waals surface area contributed by atoms with E-state index in [9.17, 15) is 19.2 Å². The number of hydrogen-bond acceptors (Lipinski definition) is 4. The fourth-order valence-electron chi connectivity index (χ4n) is 5.29. The van der Waals surface area contributed by atoms with E-state index in [0.29, 0.717) is 10.0 Å². The fraction of sp³-hybridized carbons (Fsp3) is 0.280. The highest BCUT2D eigenvalue weighted by atomic mass is 35.5. The van der Waals surface area contributed by atoms with Gasteiger partial charge in [-0.15, -0.1) is 0 Å². The first-order valence-corrected chi connectivity index (χ1v) is 12.0. The van der Waals surface area contributed by atoms with Gasteiger partial charge >= 0.3 is 0 Å². The number of benzene rings is 2. The van der Waals surface area contributed by atoms with Gasteiger partial charge in [0.2, 0.25) is 0 Å². The molecule has 3 amide bonds. The predicted octanol–water partition coefficient (Wildman–Crippen LogP) is 5.08. The van der Waals surface area contributed by atoms with Gasteiger partial charge in [-0.05, 0) is 67.6 Å². The predicted molar refractivity (Wildman–Crippen MR) is 127 cm³/mol. The number of fused-ring (bicyclic) bond motifs is 5. The second-order valence-electron chi connectivity index (χ2n) is 8.81. The van der Waals surface area contributed by atoms with E-state index in [2.05, 4.69) is 0 Å². The molecule has 2 aliphatic carbocycles. The summed E-state index contributed by atoms with van der Waals surface area (Å²) >= 11 is 18.2. The molecular formula is C25H19Cl3N2O4. The highest BCUT2D eigenvalue weighted by Crippen LogP contribution is 2.53. The Kier molecular flexibility index (Phi) is 5.79. The van der Waals surface area contributed by atoms with Gasteiger partial charge in [-0.1, -0.05) is 47.0 Å². The molecular weight excluding hydrogens is 499 g/mol. The molecule has 0 unspecified atom stereocenters. The topological polar surface area (TPSA) is 74.8 Å². The molecule has 1 aliphatic heterocycles. The first-order chi connectivity index (χ1) is 16.2. The van der Waals surface area contributed by atoms with Gasteiger partial charge in [-0.2, -0.15) is 5.01 Å². The number of ketones is 1. The van der Waals surface area contributed by atoms with Crippen molar-refractivity contribution < 1.29 is 19.2 Å². The van der Waals surface area contributed by atoms with Crippen LogP contribution in [0.4, 0.5) is 0 Å². The molecule has 34 heavy (non-hydrogen) atoms. The van der Waals surface area contributed by atoms with E-state index in [1.807, 2.05) is 12.2 Å². The summed E-state index contributed by atoms with van der Waals surface area (Å²) in [6.45, 7) is 1.49. The number of Topliss-reactive ketones (excluding diaryl/α,β-unsaturated/α-hetero) is 1. The number of nitrogens with zero attached hydrogens (tertiary/aromatic N) is 2. The van der Waals surface area contributed by atoms with Crippen LogP contribution in [0.5, 0.6) is 0 Å². The summed E-state index contributed by atoms with van der Waals surface area (Å²) in [5.74, 6) is -3.29.